The maximum atomic E-state index is 13.3. The number of carbonyl (C=O) groups is 2. The lowest BCUT2D eigenvalue weighted by Gasteiger charge is -2.40. The topological polar surface area (TPSA) is 49.4 Å². The zero-order valence-electron chi connectivity index (χ0n) is 16.2. The Labute approximate surface area is 166 Å². The lowest BCUT2D eigenvalue weighted by Crippen LogP contribution is -2.62. The maximum absolute atomic E-state index is 13.3. The minimum Gasteiger partial charge on any atom is -0.350 e. The second-order valence-corrected chi connectivity index (χ2v) is 9.46. The first-order valence-electron chi connectivity index (χ1n) is 10.3. The molecule has 4 atom stereocenters. The van der Waals surface area contributed by atoms with E-state index in [0.29, 0.717) is 12.5 Å². The average Bonchev–Trinajstić information content (AvgIpc) is 3.51. The Morgan fingerprint density at radius 3 is 2.59 bits per heavy atom. The minimum atomic E-state index is -0.320. The zero-order chi connectivity index (χ0) is 19.1. The van der Waals surface area contributed by atoms with Gasteiger partial charge in [-0.2, -0.15) is 0 Å². The number of amides is 2. The first-order chi connectivity index (χ1) is 12.9. The molecule has 1 saturated heterocycles. The lowest BCUT2D eigenvalue weighted by atomic mass is 9.95. The van der Waals surface area contributed by atoms with E-state index >= 15 is 0 Å². The molecule has 0 unspecified atom stereocenters. The molecule has 146 valence electrons. The standard InChI is InChI=1S/C22H29ClN2O2/c1-13(2)9-20-21(26)24-17(10-14-3-4-14)12-25(20)22(27)19-11-18(19)15-5-7-16(23)8-6-15/h5-8,13-14,17-20H,3-4,9-12H2,1-2H3,(H,24,26)/t17-,18-,19+,20-/m0/s1. The van der Waals surface area contributed by atoms with Crippen LogP contribution in [0.5, 0.6) is 0 Å². The third-order valence-electron chi connectivity index (χ3n) is 6.14. The van der Waals surface area contributed by atoms with Crippen LogP contribution in [0.4, 0.5) is 0 Å². The van der Waals surface area contributed by atoms with Crippen molar-refractivity contribution < 1.29 is 9.59 Å². The molecule has 2 saturated carbocycles. The van der Waals surface area contributed by atoms with Gasteiger partial charge in [0.2, 0.25) is 11.8 Å². The van der Waals surface area contributed by atoms with Crippen molar-refractivity contribution in [3.63, 3.8) is 0 Å². The summed E-state index contributed by atoms with van der Waals surface area (Å²) in [4.78, 5) is 28.0. The van der Waals surface area contributed by atoms with E-state index in [2.05, 4.69) is 19.2 Å². The summed E-state index contributed by atoms with van der Waals surface area (Å²) >= 11 is 5.98. The molecule has 3 aliphatic rings. The summed E-state index contributed by atoms with van der Waals surface area (Å²) in [5.41, 5.74) is 1.18. The highest BCUT2D eigenvalue weighted by molar-refractivity contribution is 6.30. The fourth-order valence-electron chi connectivity index (χ4n) is 4.42. The highest BCUT2D eigenvalue weighted by atomic mass is 35.5. The molecule has 27 heavy (non-hydrogen) atoms. The van der Waals surface area contributed by atoms with E-state index < -0.39 is 0 Å². The van der Waals surface area contributed by atoms with Gasteiger partial charge in [-0.15, -0.1) is 0 Å². The Balaban J connectivity index is 1.47. The molecule has 1 aliphatic heterocycles. The van der Waals surface area contributed by atoms with Gasteiger partial charge in [-0.25, -0.2) is 0 Å². The van der Waals surface area contributed by atoms with Crippen molar-refractivity contribution in [3.8, 4) is 0 Å². The van der Waals surface area contributed by atoms with Gasteiger partial charge in [0.25, 0.3) is 0 Å². The predicted octanol–water partition coefficient (Wildman–Crippen LogP) is 3.99. The fraction of sp³-hybridized carbons (Fsp3) is 0.636. The van der Waals surface area contributed by atoms with Crippen molar-refractivity contribution >= 4 is 23.4 Å². The number of hydrogen-bond donors (Lipinski definition) is 1. The van der Waals surface area contributed by atoms with Crippen LogP contribution in [0.25, 0.3) is 0 Å². The molecular weight excluding hydrogens is 360 g/mol. The van der Waals surface area contributed by atoms with Gasteiger partial charge < -0.3 is 10.2 Å². The van der Waals surface area contributed by atoms with Crippen LogP contribution in [0, 0.1) is 17.8 Å². The van der Waals surface area contributed by atoms with Gasteiger partial charge >= 0.3 is 0 Å². The predicted molar refractivity (Wildman–Crippen MR) is 107 cm³/mol. The van der Waals surface area contributed by atoms with Crippen LogP contribution in [0.1, 0.15) is 57.4 Å². The first kappa shape index (κ1) is 18.8. The van der Waals surface area contributed by atoms with E-state index in [1.807, 2.05) is 29.2 Å². The highest BCUT2D eigenvalue weighted by Gasteiger charge is 2.49. The Morgan fingerprint density at radius 2 is 1.96 bits per heavy atom. The number of benzene rings is 1. The third-order valence-corrected chi connectivity index (χ3v) is 6.39. The summed E-state index contributed by atoms with van der Waals surface area (Å²) in [6.45, 7) is 4.89. The van der Waals surface area contributed by atoms with Crippen LogP contribution in [0.2, 0.25) is 5.02 Å². The SMILES string of the molecule is CC(C)C[C@H]1C(=O)N[C@@H](CC2CC2)CN1C(=O)[C@@H]1C[C@H]1c1ccc(Cl)cc1. The zero-order valence-corrected chi connectivity index (χ0v) is 16.9. The van der Waals surface area contributed by atoms with Crippen molar-refractivity contribution in [2.75, 3.05) is 6.54 Å². The molecule has 0 radical (unpaired) electrons. The number of nitrogens with one attached hydrogen (secondary N) is 1. The molecule has 0 bridgehead atoms. The lowest BCUT2D eigenvalue weighted by molar-refractivity contribution is -0.146. The Bertz CT molecular complexity index is 714. The van der Waals surface area contributed by atoms with Crippen LogP contribution in [0.3, 0.4) is 0 Å². The number of nitrogens with zero attached hydrogens (tertiary/aromatic N) is 1. The highest BCUT2D eigenvalue weighted by Crippen LogP contribution is 2.49. The van der Waals surface area contributed by atoms with Gasteiger partial charge in [0.1, 0.15) is 6.04 Å². The quantitative estimate of drug-likeness (QED) is 0.801. The minimum absolute atomic E-state index is 0.00770. The van der Waals surface area contributed by atoms with Gasteiger partial charge in [-0.3, -0.25) is 9.59 Å². The largest absolute Gasteiger partial charge is 0.350 e. The fourth-order valence-corrected chi connectivity index (χ4v) is 4.55. The van der Waals surface area contributed by atoms with E-state index in [0.717, 1.165) is 30.2 Å². The van der Waals surface area contributed by atoms with Crippen LogP contribution in [-0.2, 0) is 9.59 Å². The summed E-state index contributed by atoms with van der Waals surface area (Å²) in [6, 6.07) is 7.61. The van der Waals surface area contributed by atoms with Crippen molar-refractivity contribution in [2.45, 2.75) is 64.0 Å². The van der Waals surface area contributed by atoms with Gasteiger partial charge in [0, 0.05) is 23.5 Å². The van der Waals surface area contributed by atoms with Crippen LogP contribution < -0.4 is 5.32 Å². The third kappa shape index (κ3) is 4.31. The molecule has 3 fully saturated rings. The smallest absolute Gasteiger partial charge is 0.243 e. The number of hydrogen-bond acceptors (Lipinski definition) is 2. The van der Waals surface area contributed by atoms with Gasteiger partial charge in [0.15, 0.2) is 0 Å². The van der Waals surface area contributed by atoms with Gasteiger partial charge in [-0.05, 0) is 54.7 Å². The molecular formula is C22H29ClN2O2. The number of halogens is 1. The van der Waals surface area contributed by atoms with Gasteiger partial charge in [0.05, 0.1) is 0 Å². The molecule has 5 heteroatoms. The molecule has 2 aliphatic carbocycles. The summed E-state index contributed by atoms with van der Waals surface area (Å²) in [5, 5.41) is 3.91. The average molecular weight is 389 g/mol. The van der Waals surface area contributed by atoms with E-state index in [1.54, 1.807) is 0 Å². The van der Waals surface area contributed by atoms with Crippen molar-refractivity contribution in [3.05, 3.63) is 34.9 Å². The second kappa shape index (κ2) is 7.46. The van der Waals surface area contributed by atoms with E-state index in [-0.39, 0.29) is 35.7 Å². The monoisotopic (exact) mass is 388 g/mol. The molecule has 1 heterocycles. The van der Waals surface area contributed by atoms with Crippen LogP contribution in [0.15, 0.2) is 24.3 Å². The number of carbonyl (C=O) groups excluding carboxylic acids is 2. The van der Waals surface area contributed by atoms with Gasteiger partial charge in [-0.1, -0.05) is 50.4 Å². The molecule has 1 aromatic carbocycles. The van der Waals surface area contributed by atoms with Crippen LogP contribution in [-0.4, -0.2) is 35.3 Å². The summed E-state index contributed by atoms with van der Waals surface area (Å²) in [7, 11) is 0. The Morgan fingerprint density at radius 1 is 1.26 bits per heavy atom. The van der Waals surface area contributed by atoms with Crippen LogP contribution >= 0.6 is 11.6 Å². The first-order valence-corrected chi connectivity index (χ1v) is 10.7. The molecule has 0 spiro atoms. The van der Waals surface area contributed by atoms with E-state index in [1.165, 1.54) is 18.4 Å². The molecule has 0 aromatic heterocycles. The van der Waals surface area contributed by atoms with Crippen molar-refractivity contribution in [1.82, 2.24) is 10.2 Å². The van der Waals surface area contributed by atoms with Crippen molar-refractivity contribution in [2.24, 2.45) is 17.8 Å². The number of rotatable bonds is 6. The Hall–Kier alpha value is -1.55. The molecule has 2 amide bonds. The molecule has 4 rings (SSSR count). The second-order valence-electron chi connectivity index (χ2n) is 9.02. The molecule has 4 nitrogen and oxygen atoms in total. The molecule has 1 aromatic rings. The summed E-state index contributed by atoms with van der Waals surface area (Å²) < 4.78 is 0. The normalized spacial score (nSPS) is 30.4. The summed E-state index contributed by atoms with van der Waals surface area (Å²) in [5.74, 6) is 1.59. The maximum Gasteiger partial charge on any atom is 0.243 e. The van der Waals surface area contributed by atoms with E-state index in [4.69, 9.17) is 11.6 Å². The molecule has 1 N–H and O–H groups in total. The van der Waals surface area contributed by atoms with E-state index in [9.17, 15) is 9.59 Å². The Kier molecular flexibility index (Phi) is 5.19. The number of piperazine rings is 1. The van der Waals surface area contributed by atoms with Crippen molar-refractivity contribution in [1.29, 1.82) is 0 Å². The summed E-state index contributed by atoms with van der Waals surface area (Å²) in [6.07, 6.45) is 5.13.